The fourth-order valence-corrected chi connectivity index (χ4v) is 4.03. The van der Waals surface area contributed by atoms with Crippen LogP contribution in [0, 0.1) is 11.7 Å². The van der Waals surface area contributed by atoms with Crippen molar-refractivity contribution in [1.82, 2.24) is 0 Å². The molecule has 0 aliphatic carbocycles. The van der Waals surface area contributed by atoms with Crippen molar-refractivity contribution in [2.45, 2.75) is 39.2 Å². The number of quaternary nitrogens is 1. The molecule has 0 saturated carbocycles. The summed E-state index contributed by atoms with van der Waals surface area (Å²) in [6.07, 6.45) is 0.0299. The van der Waals surface area contributed by atoms with Crippen LogP contribution >= 0.6 is 12.2 Å². The van der Waals surface area contributed by atoms with Gasteiger partial charge in [0.25, 0.3) is 0 Å². The third-order valence-electron chi connectivity index (χ3n) is 4.94. The van der Waals surface area contributed by atoms with Gasteiger partial charge in [0.15, 0.2) is 10.8 Å². The number of rotatable bonds is 5. The molecule has 1 aromatic carbocycles. The van der Waals surface area contributed by atoms with Gasteiger partial charge in [0.1, 0.15) is 23.6 Å². The molecule has 1 aliphatic heterocycles. The predicted octanol–water partition coefficient (Wildman–Crippen LogP) is 3.61. The molecule has 5 nitrogen and oxygen atoms in total. The second-order valence-corrected chi connectivity index (χ2v) is 6.92. The van der Waals surface area contributed by atoms with E-state index in [0.717, 1.165) is 6.07 Å². The van der Waals surface area contributed by atoms with Gasteiger partial charge < -0.3 is 5.11 Å². The first-order valence-electron chi connectivity index (χ1n) is 8.15. The number of carboxylic acid groups (broad SMARTS) is 1. The molecule has 1 aromatic rings. The second kappa shape index (κ2) is 7.49. The topological polar surface area (TPSA) is 71.4 Å². The third kappa shape index (κ3) is 3.67. The summed E-state index contributed by atoms with van der Waals surface area (Å²) in [5.74, 6) is -2.32. The van der Waals surface area contributed by atoms with Gasteiger partial charge in [-0.25, -0.2) is 4.39 Å². The van der Waals surface area contributed by atoms with Gasteiger partial charge in [0.2, 0.25) is 0 Å². The van der Waals surface area contributed by atoms with Crippen molar-refractivity contribution in [3.63, 3.8) is 0 Å². The molecule has 0 bridgehead atoms. The average molecular weight is 366 g/mol. The Morgan fingerprint density at radius 2 is 2.08 bits per heavy atom. The van der Waals surface area contributed by atoms with Crippen molar-refractivity contribution in [1.29, 1.82) is 0 Å². The summed E-state index contributed by atoms with van der Waals surface area (Å²) >= 11 is 5.42. The van der Waals surface area contributed by atoms with Crippen LogP contribution in [-0.2, 0) is 4.79 Å². The average Bonchev–Trinajstić information content (AvgIpc) is 2.94. The molecule has 1 saturated heterocycles. The van der Waals surface area contributed by atoms with Crippen LogP contribution in [0.2, 0.25) is 0 Å². The lowest BCUT2D eigenvalue weighted by atomic mass is 9.93. The van der Waals surface area contributed by atoms with Gasteiger partial charge in [-0.3, -0.25) is 9.59 Å². The second-order valence-electron chi connectivity index (χ2n) is 6.51. The Labute approximate surface area is 151 Å². The van der Waals surface area contributed by atoms with Gasteiger partial charge >= 0.3 is 6.09 Å². The van der Waals surface area contributed by atoms with Crippen molar-refractivity contribution in [3.05, 3.63) is 35.6 Å². The maximum atomic E-state index is 13.3. The Morgan fingerprint density at radius 3 is 2.56 bits per heavy atom. The van der Waals surface area contributed by atoms with E-state index in [2.05, 4.69) is 0 Å². The van der Waals surface area contributed by atoms with Crippen molar-refractivity contribution >= 4 is 34.9 Å². The van der Waals surface area contributed by atoms with Crippen LogP contribution in [0.25, 0.3) is 0 Å². The zero-order chi connectivity index (χ0) is 18.8. The van der Waals surface area contributed by atoms with E-state index in [-0.39, 0.29) is 28.8 Å². The Hall–Kier alpha value is -1.99. The molecule has 25 heavy (non-hydrogen) atoms. The summed E-state index contributed by atoms with van der Waals surface area (Å²) in [5, 5.41) is 9.76. The van der Waals surface area contributed by atoms with Crippen molar-refractivity contribution in [2.75, 3.05) is 6.54 Å². The minimum atomic E-state index is -1.10. The first-order valence-corrected chi connectivity index (χ1v) is 8.56. The van der Waals surface area contributed by atoms with Crippen molar-refractivity contribution < 1.29 is 28.4 Å². The summed E-state index contributed by atoms with van der Waals surface area (Å²) in [4.78, 5) is 36.6. The summed E-state index contributed by atoms with van der Waals surface area (Å²) in [5.41, 5.74) is 0.144. The van der Waals surface area contributed by atoms with Gasteiger partial charge in [-0.15, -0.1) is 0 Å². The normalized spacial score (nSPS) is 23.9. The summed E-state index contributed by atoms with van der Waals surface area (Å²) in [6.45, 7) is 3.40. The molecule has 0 radical (unpaired) electrons. The number of amides is 1. The number of halogens is 1. The first-order chi connectivity index (χ1) is 11.7. The Kier molecular flexibility index (Phi) is 5.80. The molecule has 0 spiro atoms. The SMILES string of the molecule is CC(=O)C(CC(=O)c1cccc(F)c1)C(=S)[N+]1(C(=O)O)CCC[C@H]1C. The summed E-state index contributed by atoms with van der Waals surface area (Å²) in [7, 11) is 0. The third-order valence-corrected chi connectivity index (χ3v) is 5.56. The minimum Gasteiger partial charge on any atom is -0.435 e. The maximum Gasteiger partial charge on any atom is 0.519 e. The Morgan fingerprint density at radius 1 is 1.40 bits per heavy atom. The van der Waals surface area contributed by atoms with Crippen LogP contribution in [0.4, 0.5) is 9.18 Å². The molecule has 1 aliphatic rings. The smallest absolute Gasteiger partial charge is 0.435 e. The van der Waals surface area contributed by atoms with Gasteiger partial charge in [-0.05, 0) is 38.2 Å². The van der Waals surface area contributed by atoms with Crippen molar-refractivity contribution in [3.8, 4) is 0 Å². The van der Waals surface area contributed by atoms with E-state index in [1.807, 2.05) is 0 Å². The summed E-state index contributed by atoms with van der Waals surface area (Å²) in [6, 6.07) is 4.95. The van der Waals surface area contributed by atoms with Crippen LogP contribution < -0.4 is 0 Å². The molecule has 1 amide bonds. The number of ketones is 2. The number of carbonyl (C=O) groups excluding carboxylic acids is 2. The molecule has 1 fully saturated rings. The molecular formula is C18H21FNO4S+. The zero-order valence-corrected chi connectivity index (χ0v) is 15.0. The lowest BCUT2D eigenvalue weighted by Gasteiger charge is -2.34. The molecule has 7 heteroatoms. The fourth-order valence-electron chi connectivity index (χ4n) is 3.43. The Balaban J connectivity index is 2.31. The number of thiocarbonyl (C=S) groups is 1. The molecule has 2 rings (SSSR count). The zero-order valence-electron chi connectivity index (χ0n) is 14.2. The number of benzene rings is 1. The number of nitrogens with zero attached hydrogens (tertiary/aromatic N) is 1. The van der Waals surface area contributed by atoms with E-state index >= 15 is 0 Å². The molecule has 2 unspecified atom stereocenters. The number of hydrogen-bond acceptors (Lipinski definition) is 4. The van der Waals surface area contributed by atoms with Gasteiger partial charge in [-0.2, -0.15) is 9.28 Å². The van der Waals surface area contributed by atoms with E-state index in [9.17, 15) is 23.9 Å². The first kappa shape index (κ1) is 19.3. The molecule has 1 N–H and O–H groups in total. The summed E-state index contributed by atoms with van der Waals surface area (Å²) < 4.78 is 12.9. The number of carbonyl (C=O) groups is 3. The van der Waals surface area contributed by atoms with E-state index in [1.54, 1.807) is 6.92 Å². The van der Waals surface area contributed by atoms with E-state index in [1.165, 1.54) is 25.1 Å². The molecule has 3 atom stereocenters. The van der Waals surface area contributed by atoms with E-state index in [4.69, 9.17) is 12.2 Å². The predicted molar refractivity (Wildman–Crippen MR) is 94.0 cm³/mol. The maximum absolute atomic E-state index is 13.3. The van der Waals surface area contributed by atoms with Crippen LogP contribution in [-0.4, -0.2) is 44.8 Å². The Bertz CT molecular complexity index is 736. The lowest BCUT2D eigenvalue weighted by molar-refractivity contribution is -0.777. The highest BCUT2D eigenvalue weighted by atomic mass is 32.1. The quantitative estimate of drug-likeness (QED) is 0.490. The van der Waals surface area contributed by atoms with Crippen molar-refractivity contribution in [2.24, 2.45) is 5.92 Å². The number of Topliss-reactive ketones (excluding diaryl/α,β-unsaturated/α-hetero) is 2. The molecular weight excluding hydrogens is 345 g/mol. The highest BCUT2D eigenvalue weighted by Gasteiger charge is 2.53. The molecule has 134 valence electrons. The number of hydrogen-bond donors (Lipinski definition) is 1. The minimum absolute atomic E-state index is 0.0646. The molecule has 1 heterocycles. The van der Waals surface area contributed by atoms with E-state index < -0.39 is 28.1 Å². The highest BCUT2D eigenvalue weighted by molar-refractivity contribution is 7.80. The monoisotopic (exact) mass is 366 g/mol. The van der Waals surface area contributed by atoms with Gasteiger partial charge in [-0.1, -0.05) is 12.1 Å². The van der Waals surface area contributed by atoms with Crippen LogP contribution in [0.1, 0.15) is 43.5 Å². The van der Waals surface area contributed by atoms with E-state index in [0.29, 0.717) is 19.4 Å². The van der Waals surface area contributed by atoms with Gasteiger partial charge in [0, 0.05) is 24.8 Å². The van der Waals surface area contributed by atoms with Gasteiger partial charge in [0.05, 0.1) is 6.54 Å². The lowest BCUT2D eigenvalue weighted by Crippen LogP contribution is -2.60. The largest absolute Gasteiger partial charge is 0.519 e. The van der Waals surface area contributed by atoms with Crippen LogP contribution in [0.3, 0.4) is 0 Å². The standard InChI is InChI=1S/C18H20FNO4S/c1-11-5-4-8-20(11,18(23)24)17(25)15(12(2)21)10-16(22)13-6-3-7-14(19)9-13/h3,6-7,9,11,15H,4-5,8,10H2,1-2H3/p+1/t11-,15?,20?/m1/s1. The van der Waals surface area contributed by atoms with Crippen LogP contribution in [0.5, 0.6) is 0 Å². The van der Waals surface area contributed by atoms with Crippen LogP contribution in [0.15, 0.2) is 24.3 Å². The fraction of sp³-hybridized carbons (Fsp3) is 0.444. The highest BCUT2D eigenvalue weighted by Crippen LogP contribution is 2.32. The molecule has 0 aromatic heterocycles. The number of likely N-dealkylation sites (tertiary alicyclic amines) is 1.